The van der Waals surface area contributed by atoms with Gasteiger partial charge in [-0.2, -0.15) is 0 Å². The van der Waals surface area contributed by atoms with Crippen LogP contribution < -0.4 is 5.32 Å². The summed E-state index contributed by atoms with van der Waals surface area (Å²) in [7, 11) is 0. The lowest BCUT2D eigenvalue weighted by molar-refractivity contribution is 0.0950. The van der Waals surface area contributed by atoms with Crippen LogP contribution in [0.1, 0.15) is 200 Å². The van der Waals surface area contributed by atoms with Crippen molar-refractivity contribution in [3.63, 3.8) is 0 Å². The number of hydrogen-bond acceptors (Lipinski definition) is 13. The highest BCUT2D eigenvalue weighted by Gasteiger charge is 2.26. The predicted octanol–water partition coefficient (Wildman–Crippen LogP) is 18.2. The van der Waals surface area contributed by atoms with E-state index in [2.05, 4.69) is 39.0 Å². The van der Waals surface area contributed by atoms with Crippen LogP contribution in [0.5, 0.6) is 57.5 Å². The largest absolute Gasteiger partial charge is 0.507 e. The number of phenolic OH excluding ortho intramolecular Hbond substituents is 10. The van der Waals surface area contributed by atoms with E-state index in [1.165, 1.54) is 0 Å². The van der Waals surface area contributed by atoms with Crippen molar-refractivity contribution in [2.75, 3.05) is 0 Å². The molecule has 14 nitrogen and oxygen atoms in total. The third kappa shape index (κ3) is 16.6. The number of aryl methyl sites for hydroxylation is 9. The molecule has 2 aromatic heterocycles. The zero-order valence-corrected chi connectivity index (χ0v) is 65.8. The van der Waals surface area contributed by atoms with E-state index in [-0.39, 0.29) is 134 Å². The number of benzene rings is 11. The number of pyridine rings is 2. The van der Waals surface area contributed by atoms with Crippen LogP contribution in [0.3, 0.4) is 0 Å². The summed E-state index contributed by atoms with van der Waals surface area (Å²) >= 11 is 0. The van der Waals surface area contributed by atoms with Gasteiger partial charge in [-0.1, -0.05) is 165 Å². The molecule has 0 aliphatic heterocycles. The smallest absolute Gasteiger partial charge is 0.251 e. The molecule has 1 amide bonds. The summed E-state index contributed by atoms with van der Waals surface area (Å²) in [5.74, 6) is 13.0. The zero-order chi connectivity index (χ0) is 80.9. The molecule has 0 spiro atoms. The summed E-state index contributed by atoms with van der Waals surface area (Å²) in [4.78, 5) is 24.0. The number of nitrogens with one attached hydrogen (secondary N) is 1. The monoisotopic (exact) mass is 1520 g/mol. The van der Waals surface area contributed by atoms with Gasteiger partial charge < -0.3 is 56.4 Å². The van der Waals surface area contributed by atoms with Gasteiger partial charge in [-0.25, -0.2) is 0 Å². The fraction of sp³-hybridized carbons (Fsp3) is 0.198. The number of hydrogen-bond donors (Lipinski definition) is 11. The van der Waals surface area contributed by atoms with Gasteiger partial charge in [0, 0.05) is 111 Å². The molecular formula is C101H89N3O11. The van der Waals surface area contributed by atoms with E-state index in [0.717, 1.165) is 55.6 Å². The van der Waals surface area contributed by atoms with Crippen LogP contribution in [0.2, 0.25) is 0 Å². The van der Waals surface area contributed by atoms with E-state index in [1.807, 2.05) is 184 Å². The number of phenols is 10. The first-order valence-corrected chi connectivity index (χ1v) is 38.6. The van der Waals surface area contributed by atoms with Crippen LogP contribution in [0.4, 0.5) is 0 Å². The zero-order valence-electron chi connectivity index (χ0n) is 65.8. The molecule has 13 aromatic rings. The average molecular weight is 1520 g/mol. The van der Waals surface area contributed by atoms with Crippen molar-refractivity contribution in [1.29, 1.82) is 0 Å². The Hall–Kier alpha value is -13.7. The molecule has 0 saturated heterocycles. The topological polar surface area (TPSA) is 257 Å². The number of carbonyl (C=O) groups is 1. The Kier molecular flexibility index (Phi) is 21.0. The molecule has 0 saturated carbocycles. The minimum atomic E-state index is -0.437. The van der Waals surface area contributed by atoms with E-state index in [4.69, 9.17) is 0 Å². The lowest BCUT2D eigenvalue weighted by Crippen LogP contribution is -2.23. The standard InChI is InChI=1S/C101H89N3O11/c1-54-14-16-102-89(34-54)90-42-67(15-17-103-90)53-104-101(115)88-40-63(10-12-65-36-84-49-80-30-59(6)26-76(95(80)109)45-72-22-55(2)18-68(91(72)105)43-69-19-56(3)23-73(92(69)106)46-77-27-60(7)31-81(96(77)110)50-85(37-65)99(84)113)35-64(41-88)11-13-66-38-86-51-82-32-61(8)28-78(97(82)111)47-74-24-57(4)20-70(93(74)107)44-71-21-58(5)25-75(94(71)108)48-79-29-62(9)33-83(98(79)112)52-87(39-66)100(86)114/h14-42,105-114H,43-53H2,1-9H3,(H,104,115). The Morgan fingerprint density at radius 3 is 0.687 bits per heavy atom. The van der Waals surface area contributed by atoms with Gasteiger partial charge in [0.1, 0.15) is 57.5 Å². The first-order valence-electron chi connectivity index (χ1n) is 38.6. The highest BCUT2D eigenvalue weighted by atomic mass is 16.3. The molecule has 11 aromatic carbocycles. The molecule has 0 radical (unpaired) electrons. The Labute approximate surface area is 669 Å². The van der Waals surface area contributed by atoms with Crippen molar-refractivity contribution in [2.24, 2.45) is 0 Å². The lowest BCUT2D eigenvalue weighted by atomic mass is 9.89. The molecule has 2 aliphatic carbocycles. The molecule has 15 rings (SSSR count). The molecule has 14 heteroatoms. The van der Waals surface area contributed by atoms with Gasteiger partial charge >= 0.3 is 0 Å². The van der Waals surface area contributed by atoms with Gasteiger partial charge in [0.15, 0.2) is 0 Å². The maximum absolute atomic E-state index is 14.9. The van der Waals surface area contributed by atoms with Crippen LogP contribution >= 0.6 is 0 Å². The van der Waals surface area contributed by atoms with Gasteiger partial charge in [0.2, 0.25) is 0 Å². The van der Waals surface area contributed by atoms with Gasteiger partial charge in [0.05, 0.1) is 11.4 Å². The van der Waals surface area contributed by atoms with Crippen LogP contribution in [0.25, 0.3) is 11.4 Å². The Balaban J connectivity index is 0.862. The van der Waals surface area contributed by atoms with Crippen LogP contribution in [0.15, 0.2) is 176 Å². The van der Waals surface area contributed by atoms with E-state index >= 15 is 0 Å². The van der Waals surface area contributed by atoms with E-state index in [1.54, 1.807) is 54.9 Å². The number of nitrogens with zero attached hydrogens (tertiary/aromatic N) is 2. The number of fused-ring (bicyclic) bond motifs is 20. The maximum atomic E-state index is 14.9. The third-order valence-electron chi connectivity index (χ3n) is 22.0. The molecule has 0 unspecified atom stereocenters. The van der Waals surface area contributed by atoms with E-state index in [0.29, 0.717) is 145 Å². The minimum Gasteiger partial charge on any atom is -0.507 e. The first kappa shape index (κ1) is 76.7. The van der Waals surface area contributed by atoms with E-state index in [9.17, 15) is 55.9 Å². The fourth-order valence-electron chi connectivity index (χ4n) is 16.8. The van der Waals surface area contributed by atoms with Crippen LogP contribution in [0, 0.1) is 86.0 Å². The molecule has 20 bridgehead atoms. The Morgan fingerprint density at radius 1 is 0.261 bits per heavy atom. The van der Waals surface area contributed by atoms with Crippen LogP contribution in [-0.4, -0.2) is 66.9 Å². The Bertz CT molecular complexity index is 5740. The SMILES string of the molecule is Cc1ccnc(-c2cc(CNC(=O)c3cc(C#Cc4cc5c(O)c(c4)Cc4cc(C)cc(c4O)Cc4cc(C)cc(c4O)Cc4cc(C)cc(c4O)Cc4cc(C)cc(c4O)C5)cc(C#Cc4cc5c(O)c(c4)Cc4cc(C)cc(c4O)Cc4cc(C)cc(c4O)Cc4cc(C)cc(c4O)Cc4cc(C)cc(c4O)C5)c3)ccn2)c1. The number of rotatable bonds is 4. The van der Waals surface area contributed by atoms with Crippen molar-refractivity contribution in [3.05, 3.63) is 371 Å². The van der Waals surface area contributed by atoms with Gasteiger partial charge in [-0.3, -0.25) is 14.8 Å². The predicted molar refractivity (Wildman–Crippen MR) is 449 cm³/mol. The molecular weight excluding hydrogens is 1430 g/mol. The van der Waals surface area contributed by atoms with Crippen molar-refractivity contribution in [2.45, 2.75) is 133 Å². The quantitative estimate of drug-likeness (QED) is 0.0734. The van der Waals surface area contributed by atoms with E-state index < -0.39 is 5.91 Å². The number of carbonyl (C=O) groups excluding carboxylic acids is 1. The average Bonchev–Trinajstić information content (AvgIpc) is 0.785. The third-order valence-corrected chi connectivity index (χ3v) is 22.0. The Morgan fingerprint density at radius 2 is 0.461 bits per heavy atom. The second-order valence-electron chi connectivity index (χ2n) is 31.8. The maximum Gasteiger partial charge on any atom is 0.251 e. The normalized spacial score (nSPS) is 12.5. The fourth-order valence-corrected chi connectivity index (χ4v) is 16.8. The van der Waals surface area contributed by atoms with Crippen molar-refractivity contribution in [3.8, 4) is 92.6 Å². The molecule has 11 N–H and O–H groups in total. The first-order chi connectivity index (χ1) is 55.0. The minimum absolute atomic E-state index is 0.0119. The van der Waals surface area contributed by atoms with Gasteiger partial charge in [-0.05, 0) is 251 Å². The number of amides is 1. The second kappa shape index (κ2) is 31.5. The molecule has 2 heterocycles. The summed E-state index contributed by atoms with van der Waals surface area (Å²) in [5.41, 5.74) is 22.7. The molecule has 0 atom stereocenters. The number of aromatic hydroxyl groups is 10. The second-order valence-corrected chi connectivity index (χ2v) is 31.8. The number of aromatic nitrogens is 2. The summed E-state index contributed by atoms with van der Waals surface area (Å²) in [6.07, 6.45) is 4.75. The highest BCUT2D eigenvalue weighted by molar-refractivity contribution is 5.95. The lowest BCUT2D eigenvalue weighted by Gasteiger charge is -2.19. The molecule has 574 valence electrons. The summed E-state index contributed by atoms with van der Waals surface area (Å²) in [6, 6.07) is 50.0. The molecule has 115 heavy (non-hydrogen) atoms. The summed E-state index contributed by atoms with van der Waals surface area (Å²) in [6.45, 7) is 17.6. The van der Waals surface area contributed by atoms with Crippen molar-refractivity contribution < 1.29 is 55.9 Å². The molecule has 2 aliphatic rings. The van der Waals surface area contributed by atoms with Crippen LogP contribution in [-0.2, 0) is 70.8 Å². The van der Waals surface area contributed by atoms with Gasteiger partial charge in [-0.15, -0.1) is 0 Å². The van der Waals surface area contributed by atoms with Crippen molar-refractivity contribution in [1.82, 2.24) is 15.3 Å². The summed E-state index contributed by atoms with van der Waals surface area (Å²) in [5, 5.41) is 126. The summed E-state index contributed by atoms with van der Waals surface area (Å²) < 4.78 is 0. The van der Waals surface area contributed by atoms with Gasteiger partial charge in [0.25, 0.3) is 5.91 Å². The highest BCUT2D eigenvalue weighted by Crippen LogP contribution is 2.44. The molecule has 0 fully saturated rings. The van der Waals surface area contributed by atoms with Crippen molar-refractivity contribution >= 4 is 5.91 Å².